The Balaban J connectivity index is 0.000000127. The molecule has 14 aromatic carbocycles. The van der Waals surface area contributed by atoms with Gasteiger partial charge in [-0.25, -0.2) is 19.9 Å². The second-order valence-corrected chi connectivity index (χ2v) is 27.6. The quantitative estimate of drug-likeness (QED) is 0.100. The van der Waals surface area contributed by atoms with E-state index in [1.54, 1.807) is 0 Å². The Morgan fingerprint density at radius 3 is 1.06 bits per heavy atom. The lowest BCUT2D eigenvalue weighted by molar-refractivity contribution is 0.00578. The molecule has 0 radical (unpaired) electrons. The number of nitrogens with zero attached hydrogens (tertiary/aromatic N) is 6. The van der Waals surface area contributed by atoms with Crippen molar-refractivity contribution in [3.8, 4) is 90.0 Å². The van der Waals surface area contributed by atoms with E-state index in [-0.39, 0.29) is 25.7 Å². The number of imidazole rings is 2. The lowest BCUT2D eigenvalue weighted by Crippen LogP contribution is -2.41. The predicted octanol–water partition coefficient (Wildman–Crippen LogP) is 24.4. The molecule has 506 valence electrons. The molecular weight excluding hydrogens is 1300 g/mol. The van der Waals surface area contributed by atoms with Gasteiger partial charge in [0.05, 0.1) is 60.7 Å². The Hall–Kier alpha value is -12.4. The molecule has 0 bridgehead atoms. The normalized spacial score (nSPS) is 13.0. The van der Waals surface area contributed by atoms with Gasteiger partial charge in [-0.15, -0.1) is 0 Å². The molecule has 1 aliphatic heterocycles. The maximum absolute atomic E-state index is 6.73. The van der Waals surface area contributed by atoms with Crippen molar-refractivity contribution in [2.24, 2.45) is 0 Å². The van der Waals surface area contributed by atoms with Crippen LogP contribution in [0.25, 0.3) is 155 Å². The monoisotopic (exact) mass is 1380 g/mol. The topological polar surface area (TPSA) is 79.9 Å². The zero-order valence-corrected chi connectivity index (χ0v) is 58.7. The van der Waals surface area contributed by atoms with Gasteiger partial charge in [0.2, 0.25) is 0 Å². The molecule has 8 nitrogen and oxygen atoms in total. The van der Waals surface area contributed by atoms with Crippen LogP contribution in [-0.2, 0) is 9.31 Å². The van der Waals surface area contributed by atoms with Gasteiger partial charge < -0.3 is 9.31 Å². The van der Waals surface area contributed by atoms with Crippen LogP contribution in [0.4, 0.5) is 0 Å². The predicted molar refractivity (Wildman–Crippen MR) is 440 cm³/mol. The summed E-state index contributed by atoms with van der Waals surface area (Å²) in [7, 11) is -0.364. The van der Waals surface area contributed by atoms with Crippen molar-refractivity contribution in [1.29, 1.82) is 0 Å². The molecule has 5 heterocycles. The van der Waals surface area contributed by atoms with E-state index < -0.39 is 0 Å². The first-order valence-electron chi connectivity index (χ1n) is 35.2. The minimum Gasteiger partial charge on any atom is -0.399 e. The Kier molecular flexibility index (Phi) is 18.2. The first-order valence-corrected chi connectivity index (χ1v) is 35.6. The number of para-hydroxylation sites is 4. The Bertz CT molecular complexity index is 6140. The number of benzene rings is 14. The molecule has 1 fully saturated rings. The molecule has 105 heavy (non-hydrogen) atoms. The van der Waals surface area contributed by atoms with Crippen molar-refractivity contribution < 1.29 is 9.31 Å². The summed E-state index contributed by atoms with van der Waals surface area (Å²) in [6, 6.07) is 122. The number of hydrogen-bond donors (Lipinski definition) is 0. The van der Waals surface area contributed by atoms with Gasteiger partial charge in [-0.2, -0.15) is 0 Å². The van der Waals surface area contributed by atoms with Crippen LogP contribution in [0.2, 0.25) is 5.02 Å². The molecule has 0 spiro atoms. The highest BCUT2D eigenvalue weighted by molar-refractivity contribution is 6.62. The highest BCUT2D eigenvalue weighted by Gasteiger charge is 2.51. The van der Waals surface area contributed by atoms with Crippen molar-refractivity contribution in [3.05, 3.63) is 357 Å². The number of pyridine rings is 2. The fourth-order valence-corrected chi connectivity index (χ4v) is 14.5. The van der Waals surface area contributed by atoms with E-state index in [2.05, 4.69) is 316 Å². The Labute approximate surface area is 617 Å². The van der Waals surface area contributed by atoms with E-state index in [1.165, 1.54) is 33.0 Å². The molecule has 0 atom stereocenters. The molecule has 0 amide bonds. The van der Waals surface area contributed by atoms with Gasteiger partial charge in [0, 0.05) is 55.2 Å². The second-order valence-electron chi connectivity index (χ2n) is 27.2. The molecule has 4 aromatic heterocycles. The van der Waals surface area contributed by atoms with Gasteiger partial charge in [0.25, 0.3) is 0 Å². The lowest BCUT2D eigenvalue weighted by atomic mass is 9.79. The molecule has 0 N–H and O–H groups in total. The first kappa shape index (κ1) is 67.1. The summed E-state index contributed by atoms with van der Waals surface area (Å²) in [6.45, 7) is 8.30. The van der Waals surface area contributed by atoms with E-state index in [4.69, 9.17) is 40.8 Å². The maximum Gasteiger partial charge on any atom is 0.494 e. The standard InChI is InChI=1S/C44H29N3.C25H25BN2O2.C25H16ClN.CH4/c1-4-14-30(15-5-1)37-28-39-38(29-41(32-16-6-2-7-17-32)45-43(39)36-21-11-10-20-35(36)37)31-24-26-34(27-25-31)47-42-23-13-12-22-40(42)46-44(47)33-18-8-3-9-19-33;1-24(2)25(3,4)30-26(29-24)19-14-16-20(17-15-19)28-22-13-9-8-12-21(22)27-23(28)18-10-6-5-7-11-18;26-23-16-24(18-11-5-2-6-12-18)27-25-20-14-8-7-13-19(20)21(15-22(23)25)17-9-3-1-4-10-17;/h1-29H;5-17H,1-4H3;1-16H;1H4. The van der Waals surface area contributed by atoms with Crippen LogP contribution in [0.15, 0.2) is 352 Å². The van der Waals surface area contributed by atoms with Gasteiger partial charge in [0.1, 0.15) is 11.6 Å². The van der Waals surface area contributed by atoms with Crippen molar-refractivity contribution >= 4 is 89.6 Å². The number of rotatable bonds is 10. The summed E-state index contributed by atoms with van der Waals surface area (Å²) in [5.41, 5.74) is 21.7. The van der Waals surface area contributed by atoms with Gasteiger partial charge in [-0.05, 0) is 150 Å². The third kappa shape index (κ3) is 12.9. The number of fused-ring (bicyclic) bond motifs is 8. The Morgan fingerprint density at radius 1 is 0.295 bits per heavy atom. The minimum absolute atomic E-state index is 0. The van der Waals surface area contributed by atoms with Crippen LogP contribution in [0, 0.1) is 0 Å². The zero-order valence-electron chi connectivity index (χ0n) is 57.9. The fraction of sp³-hybridized carbons (Fsp3) is 0.0737. The highest BCUT2D eigenvalue weighted by Crippen LogP contribution is 2.43. The molecule has 0 saturated carbocycles. The fourth-order valence-electron chi connectivity index (χ4n) is 14.2. The Morgan fingerprint density at radius 2 is 0.619 bits per heavy atom. The lowest BCUT2D eigenvalue weighted by Gasteiger charge is -2.32. The summed E-state index contributed by atoms with van der Waals surface area (Å²) >= 11 is 6.73. The van der Waals surface area contributed by atoms with Crippen LogP contribution in [0.3, 0.4) is 0 Å². The van der Waals surface area contributed by atoms with Gasteiger partial charge >= 0.3 is 7.12 Å². The maximum atomic E-state index is 6.73. The average Bonchev–Trinajstić information content (AvgIpc) is 1.18. The van der Waals surface area contributed by atoms with E-state index in [9.17, 15) is 0 Å². The average molecular weight is 1380 g/mol. The first-order chi connectivity index (χ1) is 51.0. The summed E-state index contributed by atoms with van der Waals surface area (Å²) in [5, 5.41) is 7.49. The summed E-state index contributed by atoms with van der Waals surface area (Å²) in [5.74, 6) is 1.86. The van der Waals surface area contributed by atoms with Crippen molar-refractivity contribution in [3.63, 3.8) is 0 Å². The highest BCUT2D eigenvalue weighted by atomic mass is 35.5. The molecule has 1 aliphatic rings. The zero-order chi connectivity index (χ0) is 70.3. The molecule has 0 unspecified atom stereocenters. The molecule has 1 saturated heterocycles. The third-order valence-electron chi connectivity index (χ3n) is 20.2. The van der Waals surface area contributed by atoms with E-state index in [0.29, 0.717) is 0 Å². The number of hydrogen-bond acceptors (Lipinski definition) is 6. The van der Waals surface area contributed by atoms with Gasteiger partial charge in [-0.3, -0.25) is 9.13 Å². The summed E-state index contributed by atoms with van der Waals surface area (Å²) in [6.07, 6.45) is 0. The van der Waals surface area contributed by atoms with Crippen LogP contribution < -0.4 is 5.46 Å². The van der Waals surface area contributed by atoms with Crippen molar-refractivity contribution in [2.45, 2.75) is 46.3 Å². The minimum atomic E-state index is -0.364. The third-order valence-corrected chi connectivity index (χ3v) is 20.5. The smallest absolute Gasteiger partial charge is 0.399 e. The number of aromatic nitrogens is 6. The van der Waals surface area contributed by atoms with Crippen LogP contribution in [0.1, 0.15) is 35.1 Å². The van der Waals surface area contributed by atoms with Gasteiger partial charge in [0.15, 0.2) is 0 Å². The number of halogens is 1. The van der Waals surface area contributed by atoms with Crippen LogP contribution in [-0.4, -0.2) is 47.4 Å². The molecular formula is C95H74BClN6O2. The summed E-state index contributed by atoms with van der Waals surface area (Å²) in [4.78, 5) is 20.3. The largest absolute Gasteiger partial charge is 0.494 e. The molecule has 19 rings (SSSR count). The van der Waals surface area contributed by atoms with Crippen LogP contribution in [0.5, 0.6) is 0 Å². The second kappa shape index (κ2) is 28.5. The summed E-state index contributed by atoms with van der Waals surface area (Å²) < 4.78 is 16.9. The van der Waals surface area contributed by atoms with Crippen LogP contribution >= 0.6 is 11.6 Å². The molecule has 0 aliphatic carbocycles. The van der Waals surface area contributed by atoms with E-state index >= 15 is 0 Å². The van der Waals surface area contributed by atoms with E-state index in [1.807, 2.05) is 72.8 Å². The molecule has 18 aromatic rings. The van der Waals surface area contributed by atoms with Crippen molar-refractivity contribution in [1.82, 2.24) is 29.1 Å². The van der Waals surface area contributed by atoms with Crippen molar-refractivity contribution in [2.75, 3.05) is 0 Å². The van der Waals surface area contributed by atoms with E-state index in [0.717, 1.165) is 133 Å². The van der Waals surface area contributed by atoms with Gasteiger partial charge in [-0.1, -0.05) is 298 Å². The SMILES string of the molecule is C.CC1(C)OB(c2ccc(-n3c(-c4ccccc4)nc4ccccc43)cc2)OC1(C)C.Clc1cc(-c2ccccc2)nc2c1cc(-c1ccccc1)c1ccccc12.c1ccc(-c2cc(-c3ccc(-n4c(-c5ccccc5)nc5ccccc54)cc3)c3cc(-c4ccccc4)c4ccccc4c3n2)cc1. The molecule has 10 heteroatoms.